The predicted molar refractivity (Wildman–Crippen MR) is 103 cm³/mol. The smallest absolute Gasteiger partial charge is 0.310 e. The Balaban J connectivity index is 1.35. The van der Waals surface area contributed by atoms with Crippen molar-refractivity contribution < 1.29 is 19.1 Å². The number of aryl methyl sites for hydroxylation is 2. The summed E-state index contributed by atoms with van der Waals surface area (Å²) in [5, 5.41) is 2.77. The molecule has 0 saturated carbocycles. The number of ether oxygens (including phenoxy) is 2. The minimum Gasteiger partial charge on any atom is -0.497 e. The highest BCUT2D eigenvalue weighted by molar-refractivity contribution is 5.81. The van der Waals surface area contributed by atoms with Crippen LogP contribution in [-0.2, 0) is 40.0 Å². The third kappa shape index (κ3) is 5.58. The lowest BCUT2D eigenvalue weighted by Gasteiger charge is -2.08. The summed E-state index contributed by atoms with van der Waals surface area (Å²) in [4.78, 5) is 23.8. The lowest BCUT2D eigenvalue weighted by molar-refractivity contribution is -0.147. The molecule has 5 nitrogen and oxygen atoms in total. The van der Waals surface area contributed by atoms with E-state index in [1.54, 1.807) is 7.11 Å². The lowest BCUT2D eigenvalue weighted by atomic mass is 10.0. The number of esters is 1. The molecule has 1 aliphatic rings. The van der Waals surface area contributed by atoms with Gasteiger partial charge in [-0.2, -0.15) is 0 Å². The van der Waals surface area contributed by atoms with Crippen molar-refractivity contribution in [3.8, 4) is 5.75 Å². The minimum absolute atomic E-state index is 0.201. The molecule has 1 amide bonds. The first-order valence-corrected chi connectivity index (χ1v) is 9.30. The maximum Gasteiger partial charge on any atom is 0.310 e. The second kappa shape index (κ2) is 9.21. The van der Waals surface area contributed by atoms with Gasteiger partial charge >= 0.3 is 5.97 Å². The van der Waals surface area contributed by atoms with E-state index in [0.717, 1.165) is 29.7 Å². The van der Waals surface area contributed by atoms with Gasteiger partial charge in [-0.1, -0.05) is 30.3 Å². The average molecular weight is 367 g/mol. The molecule has 2 aromatic carbocycles. The van der Waals surface area contributed by atoms with E-state index in [4.69, 9.17) is 9.47 Å². The van der Waals surface area contributed by atoms with Crippen molar-refractivity contribution >= 4 is 11.9 Å². The number of hydrogen-bond donors (Lipinski definition) is 1. The van der Waals surface area contributed by atoms with Crippen molar-refractivity contribution in [1.82, 2.24) is 5.32 Å². The fraction of sp³-hybridized carbons (Fsp3) is 0.364. The van der Waals surface area contributed by atoms with E-state index in [1.807, 2.05) is 30.3 Å². The standard InChI is InChI=1S/C22H25NO4/c1-26-20-9-6-16(7-10-20)11-12-23-21(24)15-27-22(25)14-17-5-8-18-3-2-4-19(18)13-17/h5-10,13H,2-4,11-12,14-15H2,1H3,(H,23,24). The predicted octanol–water partition coefficient (Wildman–Crippen LogP) is 2.63. The quantitative estimate of drug-likeness (QED) is 0.729. The maximum atomic E-state index is 12.0. The Hall–Kier alpha value is -2.82. The van der Waals surface area contributed by atoms with Gasteiger partial charge in [-0.25, -0.2) is 0 Å². The Labute approximate surface area is 159 Å². The highest BCUT2D eigenvalue weighted by atomic mass is 16.5. The number of benzene rings is 2. The molecule has 0 spiro atoms. The molecule has 1 N–H and O–H groups in total. The summed E-state index contributed by atoms with van der Waals surface area (Å²) >= 11 is 0. The van der Waals surface area contributed by atoms with Crippen molar-refractivity contribution in [2.24, 2.45) is 0 Å². The summed E-state index contributed by atoms with van der Waals surface area (Å²) < 4.78 is 10.2. The van der Waals surface area contributed by atoms with E-state index in [-0.39, 0.29) is 24.9 Å². The molecule has 27 heavy (non-hydrogen) atoms. The molecule has 5 heteroatoms. The van der Waals surface area contributed by atoms with E-state index in [0.29, 0.717) is 13.0 Å². The van der Waals surface area contributed by atoms with E-state index in [2.05, 4.69) is 17.4 Å². The normalized spacial score (nSPS) is 12.3. The molecule has 0 heterocycles. The monoisotopic (exact) mass is 367 g/mol. The van der Waals surface area contributed by atoms with Crippen molar-refractivity contribution in [2.75, 3.05) is 20.3 Å². The highest BCUT2D eigenvalue weighted by Gasteiger charge is 2.13. The Bertz CT molecular complexity index is 798. The summed E-state index contributed by atoms with van der Waals surface area (Å²) in [6.07, 6.45) is 4.29. The molecule has 0 radical (unpaired) electrons. The second-order valence-corrected chi connectivity index (χ2v) is 6.74. The van der Waals surface area contributed by atoms with Crippen molar-refractivity contribution in [1.29, 1.82) is 0 Å². The first kappa shape index (κ1) is 19.0. The zero-order valence-corrected chi connectivity index (χ0v) is 15.6. The summed E-state index contributed by atoms with van der Waals surface area (Å²) in [5.74, 6) is 0.141. The van der Waals surface area contributed by atoms with Crippen LogP contribution in [0.4, 0.5) is 0 Å². The van der Waals surface area contributed by atoms with Gasteiger partial charge in [0.1, 0.15) is 5.75 Å². The number of amides is 1. The lowest BCUT2D eigenvalue weighted by Crippen LogP contribution is -2.30. The molecule has 3 rings (SSSR count). The fourth-order valence-corrected chi connectivity index (χ4v) is 3.29. The van der Waals surface area contributed by atoms with Gasteiger partial charge in [0.2, 0.25) is 0 Å². The first-order chi connectivity index (χ1) is 13.1. The number of rotatable bonds is 8. The Morgan fingerprint density at radius 3 is 2.52 bits per heavy atom. The summed E-state index contributed by atoms with van der Waals surface area (Å²) in [6.45, 7) is 0.250. The van der Waals surface area contributed by atoms with E-state index in [9.17, 15) is 9.59 Å². The second-order valence-electron chi connectivity index (χ2n) is 6.74. The van der Waals surface area contributed by atoms with Crippen molar-refractivity contribution in [2.45, 2.75) is 32.1 Å². The molecular formula is C22H25NO4. The number of methoxy groups -OCH3 is 1. The Morgan fingerprint density at radius 2 is 1.74 bits per heavy atom. The first-order valence-electron chi connectivity index (χ1n) is 9.30. The van der Waals surface area contributed by atoms with E-state index in [1.165, 1.54) is 17.5 Å². The number of fused-ring (bicyclic) bond motifs is 1. The third-order valence-electron chi connectivity index (χ3n) is 4.77. The fourth-order valence-electron chi connectivity index (χ4n) is 3.29. The van der Waals surface area contributed by atoms with Gasteiger partial charge in [0.15, 0.2) is 6.61 Å². The van der Waals surface area contributed by atoms with Crippen LogP contribution in [0.1, 0.15) is 28.7 Å². The van der Waals surface area contributed by atoms with Gasteiger partial charge in [-0.15, -0.1) is 0 Å². The van der Waals surface area contributed by atoms with Crippen LogP contribution in [0, 0.1) is 0 Å². The highest BCUT2D eigenvalue weighted by Crippen LogP contribution is 2.23. The third-order valence-corrected chi connectivity index (χ3v) is 4.77. The molecule has 0 aromatic heterocycles. The zero-order valence-electron chi connectivity index (χ0n) is 15.6. The molecule has 1 aliphatic carbocycles. The zero-order chi connectivity index (χ0) is 19.1. The largest absolute Gasteiger partial charge is 0.497 e. The SMILES string of the molecule is COc1ccc(CCNC(=O)COC(=O)Cc2ccc3c(c2)CCC3)cc1. The number of nitrogens with one attached hydrogen (secondary N) is 1. The Kier molecular flexibility index (Phi) is 6.47. The van der Waals surface area contributed by atoms with Crippen LogP contribution in [0.3, 0.4) is 0 Å². The van der Waals surface area contributed by atoms with Gasteiger partial charge < -0.3 is 14.8 Å². The molecule has 0 unspecified atom stereocenters. The van der Waals surface area contributed by atoms with Crippen LogP contribution in [0.15, 0.2) is 42.5 Å². The van der Waals surface area contributed by atoms with Crippen LogP contribution < -0.4 is 10.1 Å². The van der Waals surface area contributed by atoms with Gasteiger partial charge in [0, 0.05) is 6.54 Å². The topological polar surface area (TPSA) is 64.6 Å². The van der Waals surface area contributed by atoms with E-state index >= 15 is 0 Å². The maximum absolute atomic E-state index is 12.0. The summed E-state index contributed by atoms with van der Waals surface area (Å²) in [6, 6.07) is 13.8. The average Bonchev–Trinajstić information content (AvgIpc) is 3.15. The van der Waals surface area contributed by atoms with Crippen molar-refractivity contribution in [3.63, 3.8) is 0 Å². The summed E-state index contributed by atoms with van der Waals surface area (Å²) in [7, 11) is 1.63. The number of carbonyl (C=O) groups is 2. The van der Waals surface area contributed by atoms with Crippen LogP contribution >= 0.6 is 0 Å². The van der Waals surface area contributed by atoms with Crippen LogP contribution in [0.5, 0.6) is 5.75 Å². The van der Waals surface area contributed by atoms with Gasteiger partial charge in [-0.05, 0) is 60.1 Å². The number of hydrogen-bond acceptors (Lipinski definition) is 4. The van der Waals surface area contributed by atoms with Gasteiger partial charge in [0.05, 0.1) is 13.5 Å². The molecule has 0 saturated heterocycles. The molecule has 142 valence electrons. The van der Waals surface area contributed by atoms with Crippen LogP contribution in [0.25, 0.3) is 0 Å². The number of carbonyl (C=O) groups excluding carboxylic acids is 2. The molecule has 0 atom stereocenters. The van der Waals surface area contributed by atoms with Crippen LogP contribution in [0.2, 0.25) is 0 Å². The molecule has 2 aromatic rings. The Morgan fingerprint density at radius 1 is 1.00 bits per heavy atom. The van der Waals surface area contributed by atoms with E-state index < -0.39 is 0 Å². The molecule has 0 bridgehead atoms. The molecule has 0 fully saturated rings. The molecule has 0 aliphatic heterocycles. The van der Waals surface area contributed by atoms with Gasteiger partial charge in [0.25, 0.3) is 5.91 Å². The minimum atomic E-state index is -0.377. The molecular weight excluding hydrogens is 342 g/mol. The van der Waals surface area contributed by atoms with Crippen molar-refractivity contribution in [3.05, 3.63) is 64.7 Å². The van der Waals surface area contributed by atoms with Gasteiger partial charge in [-0.3, -0.25) is 9.59 Å². The van der Waals surface area contributed by atoms with Crippen LogP contribution in [-0.4, -0.2) is 32.1 Å². The summed E-state index contributed by atoms with van der Waals surface area (Å²) in [5.41, 5.74) is 4.75.